The highest BCUT2D eigenvalue weighted by atomic mass is 19.4. The molecule has 1 heterocycles. The van der Waals surface area contributed by atoms with Crippen LogP contribution < -0.4 is 0 Å². The first-order chi connectivity index (χ1) is 12.2. The predicted octanol–water partition coefficient (Wildman–Crippen LogP) is 3.91. The first-order valence-electron chi connectivity index (χ1n) is 8.82. The van der Waals surface area contributed by atoms with Crippen molar-refractivity contribution in [3.8, 4) is 0 Å². The highest BCUT2D eigenvalue weighted by molar-refractivity contribution is 5.66. The smallest absolute Gasteiger partial charge is 0.419 e. The molecule has 0 aromatic heterocycles. The van der Waals surface area contributed by atoms with Crippen molar-refractivity contribution in [3.63, 3.8) is 0 Å². The van der Waals surface area contributed by atoms with E-state index >= 15 is 0 Å². The third-order valence-corrected chi connectivity index (χ3v) is 5.81. The monoisotopic (exact) mass is 372 g/mol. The topological polar surface area (TPSA) is 43.8 Å². The highest BCUT2D eigenvalue weighted by Crippen LogP contribution is 2.54. The van der Waals surface area contributed by atoms with Crippen LogP contribution >= 0.6 is 0 Å². The van der Waals surface area contributed by atoms with Crippen LogP contribution in [0.3, 0.4) is 0 Å². The van der Waals surface area contributed by atoms with Gasteiger partial charge in [0.15, 0.2) is 0 Å². The van der Waals surface area contributed by atoms with Crippen molar-refractivity contribution in [1.82, 2.24) is 9.80 Å². The number of halogens is 4. The van der Waals surface area contributed by atoms with Crippen molar-refractivity contribution < 1.29 is 27.5 Å². The zero-order chi connectivity index (χ0) is 18.7. The van der Waals surface area contributed by atoms with E-state index in [1.165, 1.54) is 11.0 Å². The summed E-state index contributed by atoms with van der Waals surface area (Å²) in [4.78, 5) is 14.6. The molecule has 0 unspecified atom stereocenters. The molecular formula is C18H20F4N2O2. The second kappa shape index (κ2) is 5.84. The summed E-state index contributed by atoms with van der Waals surface area (Å²) in [6.45, 7) is 1.51. The second-order valence-corrected chi connectivity index (χ2v) is 7.66. The number of amides is 1. The molecule has 3 aliphatic rings. The van der Waals surface area contributed by atoms with Gasteiger partial charge in [-0.05, 0) is 49.3 Å². The van der Waals surface area contributed by atoms with Gasteiger partial charge in [0.05, 0.1) is 5.56 Å². The van der Waals surface area contributed by atoms with Crippen LogP contribution in [0.15, 0.2) is 18.2 Å². The number of benzene rings is 1. The molecule has 0 spiro atoms. The Bertz CT molecular complexity index is 722. The van der Waals surface area contributed by atoms with E-state index in [2.05, 4.69) is 4.90 Å². The zero-order valence-corrected chi connectivity index (χ0v) is 14.1. The third kappa shape index (κ3) is 3.04. The van der Waals surface area contributed by atoms with E-state index < -0.39 is 29.2 Å². The lowest BCUT2D eigenvalue weighted by Gasteiger charge is -2.48. The maximum atomic E-state index is 13.7. The molecule has 4 rings (SSSR count). The largest absolute Gasteiger partial charge is 0.465 e. The van der Waals surface area contributed by atoms with E-state index in [1.54, 1.807) is 0 Å². The van der Waals surface area contributed by atoms with Crippen LogP contribution in [-0.4, -0.2) is 46.7 Å². The average Bonchev–Trinajstić information content (AvgIpc) is 3.38. The third-order valence-electron chi connectivity index (χ3n) is 5.81. The molecule has 8 heteroatoms. The Hall–Kier alpha value is -1.83. The Balaban J connectivity index is 1.62. The molecule has 1 N–H and O–H groups in total. The lowest BCUT2D eigenvalue weighted by molar-refractivity contribution is -0.140. The van der Waals surface area contributed by atoms with Crippen molar-refractivity contribution in [3.05, 3.63) is 35.1 Å². The normalized spacial score (nSPS) is 22.4. The lowest BCUT2D eigenvalue weighted by atomic mass is 9.95. The summed E-state index contributed by atoms with van der Waals surface area (Å²) < 4.78 is 53.0. The first kappa shape index (κ1) is 17.6. The van der Waals surface area contributed by atoms with Crippen molar-refractivity contribution in [2.24, 2.45) is 5.92 Å². The van der Waals surface area contributed by atoms with E-state index in [0.29, 0.717) is 37.4 Å². The van der Waals surface area contributed by atoms with Gasteiger partial charge in [-0.15, -0.1) is 0 Å². The Kier molecular flexibility index (Phi) is 3.95. The highest BCUT2D eigenvalue weighted by Gasteiger charge is 2.55. The Morgan fingerprint density at radius 3 is 2.42 bits per heavy atom. The summed E-state index contributed by atoms with van der Waals surface area (Å²) in [5.74, 6) is -0.736. The summed E-state index contributed by atoms with van der Waals surface area (Å²) in [6.07, 6.45) is -2.08. The van der Waals surface area contributed by atoms with Crippen LogP contribution in [-0.2, 0) is 11.7 Å². The molecule has 142 valence electrons. The number of nitrogens with zero attached hydrogens (tertiary/aromatic N) is 2. The number of likely N-dealkylation sites (tertiary alicyclic amines) is 1. The molecule has 0 radical (unpaired) electrons. The number of carboxylic acid groups (broad SMARTS) is 1. The number of hydrogen-bond acceptors (Lipinski definition) is 2. The van der Waals surface area contributed by atoms with Gasteiger partial charge in [-0.25, -0.2) is 9.18 Å². The molecule has 2 aliphatic carbocycles. The Labute approximate surface area is 148 Å². The van der Waals surface area contributed by atoms with Gasteiger partial charge in [-0.3, -0.25) is 4.90 Å². The zero-order valence-electron chi connectivity index (χ0n) is 14.1. The van der Waals surface area contributed by atoms with Crippen molar-refractivity contribution in [2.45, 2.75) is 43.4 Å². The van der Waals surface area contributed by atoms with Gasteiger partial charge < -0.3 is 10.0 Å². The molecule has 1 aromatic carbocycles. The lowest BCUT2D eigenvalue weighted by Crippen LogP contribution is -2.63. The Morgan fingerprint density at radius 1 is 1.27 bits per heavy atom. The van der Waals surface area contributed by atoms with E-state index in [0.717, 1.165) is 31.5 Å². The van der Waals surface area contributed by atoms with Gasteiger partial charge in [0.2, 0.25) is 0 Å². The minimum absolute atomic E-state index is 0.00795. The van der Waals surface area contributed by atoms with Crippen LogP contribution in [0.2, 0.25) is 0 Å². The van der Waals surface area contributed by atoms with E-state index in [1.807, 2.05) is 0 Å². The number of rotatable bonds is 5. The molecule has 1 saturated heterocycles. The summed E-state index contributed by atoms with van der Waals surface area (Å²) in [5, 5.41) is 9.06. The maximum Gasteiger partial charge on any atom is 0.419 e. The molecule has 26 heavy (non-hydrogen) atoms. The molecular weight excluding hydrogens is 352 g/mol. The SMILES string of the molecule is O=C(O)N1CC(N(CC2CC2)C2(c3ccc(F)c(C(F)(F)F)c3)CC2)C1. The van der Waals surface area contributed by atoms with E-state index in [9.17, 15) is 22.4 Å². The predicted molar refractivity (Wildman–Crippen MR) is 85.1 cm³/mol. The average molecular weight is 372 g/mol. The minimum atomic E-state index is -4.73. The minimum Gasteiger partial charge on any atom is -0.465 e. The van der Waals surface area contributed by atoms with Gasteiger partial charge in [-0.2, -0.15) is 13.2 Å². The van der Waals surface area contributed by atoms with E-state index in [-0.39, 0.29) is 6.04 Å². The molecule has 4 nitrogen and oxygen atoms in total. The van der Waals surface area contributed by atoms with Crippen LogP contribution in [0.4, 0.5) is 22.4 Å². The fourth-order valence-electron chi connectivity index (χ4n) is 3.95. The molecule has 0 atom stereocenters. The van der Waals surface area contributed by atoms with Crippen LogP contribution in [0, 0.1) is 11.7 Å². The molecule has 1 aliphatic heterocycles. The van der Waals surface area contributed by atoms with Gasteiger partial charge in [0.25, 0.3) is 0 Å². The molecule has 1 aromatic rings. The standard InChI is InChI=1S/C18H20F4N2O2/c19-15-4-3-12(7-14(15)18(20,21)22)17(5-6-17)24(8-11-1-2-11)13-9-23(10-13)16(25)26/h3-4,7,11,13H,1-2,5-6,8-10H2,(H,25,26). The van der Waals surface area contributed by atoms with Crippen LogP contribution in [0.1, 0.15) is 36.8 Å². The van der Waals surface area contributed by atoms with E-state index in [4.69, 9.17) is 5.11 Å². The molecule has 1 amide bonds. The number of carbonyl (C=O) groups is 1. The van der Waals surface area contributed by atoms with Crippen LogP contribution in [0.5, 0.6) is 0 Å². The van der Waals surface area contributed by atoms with Gasteiger partial charge in [0, 0.05) is 31.2 Å². The summed E-state index contributed by atoms with van der Waals surface area (Å²) in [7, 11) is 0. The first-order valence-corrected chi connectivity index (χ1v) is 8.82. The summed E-state index contributed by atoms with van der Waals surface area (Å²) >= 11 is 0. The van der Waals surface area contributed by atoms with Crippen LogP contribution in [0.25, 0.3) is 0 Å². The van der Waals surface area contributed by atoms with Crippen molar-refractivity contribution >= 4 is 6.09 Å². The number of alkyl halides is 3. The maximum absolute atomic E-state index is 13.7. The van der Waals surface area contributed by atoms with Crippen molar-refractivity contribution in [1.29, 1.82) is 0 Å². The Morgan fingerprint density at radius 2 is 1.92 bits per heavy atom. The summed E-state index contributed by atoms with van der Waals surface area (Å²) in [5.41, 5.74) is -1.26. The molecule has 3 fully saturated rings. The van der Waals surface area contributed by atoms with Gasteiger partial charge >= 0.3 is 12.3 Å². The number of hydrogen-bond donors (Lipinski definition) is 1. The summed E-state index contributed by atoms with van der Waals surface area (Å²) in [6, 6.07) is 3.30. The van der Waals surface area contributed by atoms with Crippen molar-refractivity contribution in [2.75, 3.05) is 19.6 Å². The van der Waals surface area contributed by atoms with Gasteiger partial charge in [-0.1, -0.05) is 6.07 Å². The molecule has 0 bridgehead atoms. The quantitative estimate of drug-likeness (QED) is 0.797. The van der Waals surface area contributed by atoms with Gasteiger partial charge in [0.1, 0.15) is 5.82 Å². The molecule has 2 saturated carbocycles. The second-order valence-electron chi connectivity index (χ2n) is 7.66. The fraction of sp³-hybridized carbons (Fsp3) is 0.611. The fourth-order valence-corrected chi connectivity index (χ4v) is 3.95.